The number of ketones is 1. The molecule has 0 aliphatic carbocycles. The fourth-order valence-electron chi connectivity index (χ4n) is 3.79. The van der Waals surface area contributed by atoms with E-state index in [2.05, 4.69) is 43.1 Å². The van der Waals surface area contributed by atoms with Gasteiger partial charge >= 0.3 is 0 Å². The Bertz CT molecular complexity index is 1010. The number of halogens is 1. The van der Waals surface area contributed by atoms with E-state index in [4.69, 9.17) is 4.74 Å². The topological polar surface area (TPSA) is 39.2 Å². The molecule has 0 aliphatic heterocycles. The van der Waals surface area contributed by atoms with E-state index in [1.807, 2.05) is 18.2 Å². The molecule has 2 unspecified atom stereocenters. The van der Waals surface area contributed by atoms with Crippen molar-refractivity contribution < 1.29 is 46.6 Å². The van der Waals surface area contributed by atoms with Gasteiger partial charge < -0.3 is 4.74 Å². The van der Waals surface area contributed by atoms with E-state index in [1.54, 1.807) is 26.0 Å². The molecule has 32 heavy (non-hydrogen) atoms. The van der Waals surface area contributed by atoms with Crippen LogP contribution >= 0.6 is 0 Å². The van der Waals surface area contributed by atoms with Gasteiger partial charge in [-0.25, -0.2) is 16.5 Å². The van der Waals surface area contributed by atoms with Crippen LogP contribution in [0.1, 0.15) is 49.8 Å². The summed E-state index contributed by atoms with van der Waals surface area (Å²) in [5.74, 6) is 0.372. The molecule has 3 rings (SSSR count). The standard InChI is InChI=1S/C27H29FNO2.Y/c1-19-8-7-9-22(16-19)24(18-21-11-13-23(28)14-12-21)20(2)17-25(30)27(3,4)31-26-10-5-6-15-29-26;/h5,7-16,20,24H,17-18H2,1-4H3;/q-1;. The Morgan fingerprint density at radius 3 is 2.50 bits per heavy atom. The first-order valence-corrected chi connectivity index (χ1v) is 10.6. The Morgan fingerprint density at radius 2 is 1.88 bits per heavy atom. The number of aryl methyl sites for hydroxylation is 1. The van der Waals surface area contributed by atoms with Crippen LogP contribution in [-0.4, -0.2) is 16.4 Å². The smallest absolute Gasteiger partial charge is 0.176 e. The molecule has 165 valence electrons. The molecule has 5 heteroatoms. The Balaban J connectivity index is 0.00000363. The minimum atomic E-state index is -0.990. The summed E-state index contributed by atoms with van der Waals surface area (Å²) < 4.78 is 19.3. The van der Waals surface area contributed by atoms with Crippen LogP contribution in [0, 0.1) is 24.7 Å². The van der Waals surface area contributed by atoms with Crippen LogP contribution in [0.3, 0.4) is 0 Å². The van der Waals surface area contributed by atoms with Gasteiger partial charge in [-0.3, -0.25) is 9.78 Å². The fraction of sp³-hybridized carbons (Fsp3) is 0.333. The third-order valence-electron chi connectivity index (χ3n) is 5.65. The van der Waals surface area contributed by atoms with Gasteiger partial charge in [0.15, 0.2) is 11.4 Å². The zero-order valence-electron chi connectivity index (χ0n) is 19.1. The van der Waals surface area contributed by atoms with Gasteiger partial charge in [0.2, 0.25) is 0 Å². The Hall–Kier alpha value is -1.91. The Morgan fingerprint density at radius 1 is 1.16 bits per heavy atom. The number of hydrogen-bond acceptors (Lipinski definition) is 3. The number of carbonyl (C=O) groups excluding carboxylic acids is 1. The number of carbonyl (C=O) groups is 1. The van der Waals surface area contributed by atoms with E-state index < -0.39 is 5.60 Å². The molecule has 0 aliphatic rings. The van der Waals surface area contributed by atoms with Crippen molar-refractivity contribution in [3.8, 4) is 5.88 Å². The first kappa shape index (κ1) is 26.3. The molecular formula is C27H29FNO2Y-. The third-order valence-corrected chi connectivity index (χ3v) is 5.65. The molecule has 2 atom stereocenters. The van der Waals surface area contributed by atoms with Crippen LogP contribution in [0.5, 0.6) is 5.88 Å². The number of hydrogen-bond donors (Lipinski definition) is 0. The molecule has 0 bridgehead atoms. The molecule has 0 spiro atoms. The van der Waals surface area contributed by atoms with Crippen LogP contribution in [-0.2, 0) is 43.9 Å². The van der Waals surface area contributed by atoms with Gasteiger partial charge in [0.1, 0.15) is 11.7 Å². The second kappa shape index (κ2) is 11.8. The predicted octanol–water partition coefficient (Wildman–Crippen LogP) is 6.11. The predicted molar refractivity (Wildman–Crippen MR) is 121 cm³/mol. The molecule has 0 saturated heterocycles. The van der Waals surface area contributed by atoms with Gasteiger partial charge in [0.25, 0.3) is 0 Å². The summed E-state index contributed by atoms with van der Waals surface area (Å²) in [6.45, 7) is 7.72. The van der Waals surface area contributed by atoms with E-state index >= 15 is 0 Å². The summed E-state index contributed by atoms with van der Waals surface area (Å²) >= 11 is 0. The average molecular weight is 507 g/mol. The van der Waals surface area contributed by atoms with E-state index in [0.717, 1.165) is 12.0 Å². The molecule has 0 saturated carbocycles. The molecule has 0 N–H and O–H groups in total. The number of rotatable bonds is 9. The third kappa shape index (κ3) is 7.32. The SMILES string of the molecule is Cc1cccc(C(Cc2ccc(F)cc2)C(C)CC(=O)C(C)(C)Oc2cc[c-]cn2)c1.[Y]. The number of nitrogens with zero attached hydrogens (tertiary/aromatic N) is 1. The summed E-state index contributed by atoms with van der Waals surface area (Å²) in [6, 6.07) is 21.2. The molecular weight excluding hydrogens is 478 g/mol. The number of ether oxygens (including phenoxy) is 1. The summed E-state index contributed by atoms with van der Waals surface area (Å²) in [5, 5.41) is 0. The summed E-state index contributed by atoms with van der Waals surface area (Å²) in [7, 11) is 0. The van der Waals surface area contributed by atoms with Crippen LogP contribution in [0.25, 0.3) is 0 Å². The second-order valence-electron chi connectivity index (χ2n) is 8.66. The van der Waals surface area contributed by atoms with Gasteiger partial charge in [-0.15, -0.1) is 6.07 Å². The monoisotopic (exact) mass is 507 g/mol. The van der Waals surface area contributed by atoms with Crippen LogP contribution in [0.15, 0.2) is 66.9 Å². The first-order chi connectivity index (χ1) is 14.7. The van der Waals surface area contributed by atoms with E-state index in [1.165, 1.54) is 29.5 Å². The van der Waals surface area contributed by atoms with Crippen molar-refractivity contribution in [2.45, 2.75) is 52.1 Å². The maximum absolute atomic E-state index is 13.4. The van der Waals surface area contributed by atoms with Gasteiger partial charge in [0.05, 0.1) is 0 Å². The van der Waals surface area contributed by atoms with Crippen molar-refractivity contribution in [3.05, 3.63) is 95.4 Å². The largest absolute Gasteiger partial charge is 0.480 e. The summed E-state index contributed by atoms with van der Waals surface area (Å²) in [6.07, 6.45) is 2.62. The minimum Gasteiger partial charge on any atom is -0.480 e. The molecule has 3 nitrogen and oxygen atoms in total. The Labute approximate surface area is 215 Å². The summed E-state index contributed by atoms with van der Waals surface area (Å²) in [4.78, 5) is 17.3. The fourth-order valence-corrected chi connectivity index (χ4v) is 3.79. The zero-order valence-corrected chi connectivity index (χ0v) is 22.0. The quantitative estimate of drug-likeness (QED) is 0.329. The van der Waals surface area contributed by atoms with E-state index in [-0.39, 0.29) is 56.1 Å². The molecule has 0 amide bonds. The maximum atomic E-state index is 13.4. The number of aromatic nitrogens is 1. The van der Waals surface area contributed by atoms with Crippen molar-refractivity contribution in [3.63, 3.8) is 0 Å². The van der Waals surface area contributed by atoms with E-state index in [9.17, 15) is 9.18 Å². The van der Waals surface area contributed by atoms with Crippen LogP contribution < -0.4 is 4.74 Å². The van der Waals surface area contributed by atoms with Crippen LogP contribution in [0.4, 0.5) is 4.39 Å². The second-order valence-corrected chi connectivity index (χ2v) is 8.66. The molecule has 2 aromatic carbocycles. The van der Waals surface area contributed by atoms with Crippen LogP contribution in [0.2, 0.25) is 0 Å². The molecule has 1 heterocycles. The van der Waals surface area contributed by atoms with Crippen molar-refractivity contribution in [1.29, 1.82) is 0 Å². The van der Waals surface area contributed by atoms with E-state index in [0.29, 0.717) is 12.3 Å². The van der Waals surface area contributed by atoms with Crippen molar-refractivity contribution in [2.24, 2.45) is 5.92 Å². The molecule has 1 aromatic heterocycles. The maximum Gasteiger partial charge on any atom is 0.176 e. The molecule has 1 radical (unpaired) electrons. The van der Waals surface area contributed by atoms with Gasteiger partial charge in [-0.1, -0.05) is 55.1 Å². The zero-order chi connectivity index (χ0) is 22.4. The molecule has 0 fully saturated rings. The van der Waals surface area contributed by atoms with Crippen molar-refractivity contribution in [2.75, 3.05) is 0 Å². The number of pyridine rings is 1. The van der Waals surface area contributed by atoms with Crippen molar-refractivity contribution in [1.82, 2.24) is 4.98 Å². The van der Waals surface area contributed by atoms with Gasteiger partial charge in [-0.05, 0) is 62.3 Å². The number of benzene rings is 2. The van der Waals surface area contributed by atoms with Crippen molar-refractivity contribution >= 4 is 5.78 Å². The number of Topliss-reactive ketones (excluding diaryl/α,β-unsaturated/α-hetero) is 1. The average Bonchev–Trinajstić information content (AvgIpc) is 2.73. The normalized spacial score (nSPS) is 13.0. The Kier molecular flexibility index (Phi) is 9.72. The van der Waals surface area contributed by atoms with Gasteiger partial charge in [0, 0.05) is 39.1 Å². The summed E-state index contributed by atoms with van der Waals surface area (Å²) in [5.41, 5.74) is 2.42. The first-order valence-electron chi connectivity index (χ1n) is 10.6. The minimum absolute atomic E-state index is 0. The van der Waals surface area contributed by atoms with Gasteiger partial charge in [-0.2, -0.15) is 0 Å². The molecule has 3 aromatic rings.